The van der Waals surface area contributed by atoms with Gasteiger partial charge in [-0.3, -0.25) is 4.90 Å². The molecule has 4 heterocycles. The number of nitrogens with zero attached hydrogens (tertiary/aromatic N) is 5. The normalized spacial score (nSPS) is 21.8. The zero-order valence-corrected chi connectivity index (χ0v) is 21.3. The van der Waals surface area contributed by atoms with Crippen molar-refractivity contribution in [2.75, 3.05) is 33.4 Å². The number of amidine groups is 1. The third kappa shape index (κ3) is 4.15. The predicted molar refractivity (Wildman–Crippen MR) is 138 cm³/mol. The molecule has 0 unspecified atom stereocenters. The number of halogens is 1. The monoisotopic (exact) mass is 517 g/mol. The number of aryl methyl sites for hydroxylation is 1. The summed E-state index contributed by atoms with van der Waals surface area (Å²) in [6.07, 6.45) is 7.09. The molecule has 3 aromatic rings. The smallest absolute Gasteiger partial charge is 0.410 e. The highest BCUT2D eigenvalue weighted by atomic mass is 19.1. The van der Waals surface area contributed by atoms with E-state index < -0.39 is 11.8 Å². The van der Waals surface area contributed by atoms with Crippen molar-refractivity contribution in [2.45, 2.75) is 25.5 Å². The van der Waals surface area contributed by atoms with Gasteiger partial charge in [0.25, 0.3) is 5.72 Å². The van der Waals surface area contributed by atoms with E-state index in [1.54, 1.807) is 30.5 Å². The summed E-state index contributed by atoms with van der Waals surface area (Å²) in [5.41, 5.74) is 3.44. The van der Waals surface area contributed by atoms with Gasteiger partial charge in [0.05, 0.1) is 37.9 Å². The maximum absolute atomic E-state index is 13.8. The molecular weight excluding hydrogens is 489 g/mol. The van der Waals surface area contributed by atoms with Crippen LogP contribution < -0.4 is 4.74 Å². The van der Waals surface area contributed by atoms with Crippen LogP contribution in [0.3, 0.4) is 0 Å². The van der Waals surface area contributed by atoms with Gasteiger partial charge >= 0.3 is 6.09 Å². The number of hydrogen-bond acceptors (Lipinski definition) is 7. The highest BCUT2D eigenvalue weighted by Crippen LogP contribution is 2.41. The second-order valence-corrected chi connectivity index (χ2v) is 9.61. The summed E-state index contributed by atoms with van der Waals surface area (Å²) >= 11 is 0. The van der Waals surface area contributed by atoms with Crippen LogP contribution in [-0.4, -0.2) is 64.6 Å². The average Bonchev–Trinajstić information content (AvgIpc) is 3.64. The Morgan fingerprint density at radius 3 is 2.74 bits per heavy atom. The van der Waals surface area contributed by atoms with Gasteiger partial charge in [0, 0.05) is 18.3 Å². The lowest BCUT2D eigenvalue weighted by Gasteiger charge is -2.41. The van der Waals surface area contributed by atoms with E-state index in [2.05, 4.69) is 21.1 Å². The number of piperidine rings is 1. The van der Waals surface area contributed by atoms with E-state index in [1.165, 1.54) is 12.1 Å². The Morgan fingerprint density at radius 2 is 2.03 bits per heavy atom. The summed E-state index contributed by atoms with van der Waals surface area (Å²) in [6, 6.07) is 12.2. The first kappa shape index (κ1) is 24.0. The number of benzene rings is 2. The molecule has 1 aromatic heterocycles. The molecule has 9 nitrogen and oxygen atoms in total. The third-order valence-corrected chi connectivity index (χ3v) is 7.17. The summed E-state index contributed by atoms with van der Waals surface area (Å²) in [4.78, 5) is 26.5. The highest BCUT2D eigenvalue weighted by molar-refractivity contribution is 6.03. The van der Waals surface area contributed by atoms with Gasteiger partial charge in [-0.2, -0.15) is 0 Å². The first-order valence-corrected chi connectivity index (χ1v) is 12.6. The minimum absolute atomic E-state index is 0.213. The van der Waals surface area contributed by atoms with Crippen LogP contribution in [0.1, 0.15) is 29.7 Å². The van der Waals surface area contributed by atoms with E-state index in [4.69, 9.17) is 14.3 Å². The Morgan fingerprint density at radius 1 is 1.18 bits per heavy atom. The summed E-state index contributed by atoms with van der Waals surface area (Å²) in [5.74, 6) is 1.09. The van der Waals surface area contributed by atoms with E-state index in [1.807, 2.05) is 35.9 Å². The molecule has 0 saturated carbocycles. The fourth-order valence-corrected chi connectivity index (χ4v) is 5.29. The summed E-state index contributed by atoms with van der Waals surface area (Å²) in [6.45, 7) is 3.62. The molecule has 10 heteroatoms. The maximum atomic E-state index is 13.8. The molecule has 1 atom stereocenters. The average molecular weight is 518 g/mol. The Labute approximate surface area is 219 Å². The molecule has 0 radical (unpaired) electrons. The molecule has 2 saturated heterocycles. The SMILES string of the molecule is COc1cc(/C=C2\CCCN3C2=NO[C@]3(CN2CCOC2=O)c2ccc(F)cc2)ccc1-n1cnc(C)c1. The number of fused-ring (bicyclic) bond motifs is 1. The van der Waals surface area contributed by atoms with Crippen molar-refractivity contribution in [2.24, 2.45) is 5.16 Å². The maximum Gasteiger partial charge on any atom is 0.410 e. The van der Waals surface area contributed by atoms with Crippen LogP contribution >= 0.6 is 0 Å². The Balaban J connectivity index is 1.34. The van der Waals surface area contributed by atoms with Crippen LogP contribution in [0.25, 0.3) is 11.8 Å². The summed E-state index contributed by atoms with van der Waals surface area (Å²) in [7, 11) is 1.65. The Bertz CT molecular complexity index is 1430. The molecule has 0 N–H and O–H groups in total. The minimum Gasteiger partial charge on any atom is -0.495 e. The van der Waals surface area contributed by atoms with Gasteiger partial charge in [-0.25, -0.2) is 14.2 Å². The lowest BCUT2D eigenvalue weighted by molar-refractivity contribution is -0.117. The van der Waals surface area contributed by atoms with Crippen LogP contribution in [0, 0.1) is 12.7 Å². The lowest BCUT2D eigenvalue weighted by Crippen LogP contribution is -2.55. The Hall–Kier alpha value is -4.34. The first-order chi connectivity index (χ1) is 18.5. The van der Waals surface area contributed by atoms with Crippen molar-refractivity contribution in [3.8, 4) is 11.4 Å². The number of carbonyl (C=O) groups excluding carboxylic acids is 1. The van der Waals surface area contributed by atoms with E-state index >= 15 is 0 Å². The number of carbonyl (C=O) groups is 1. The van der Waals surface area contributed by atoms with Gasteiger partial charge in [0.1, 0.15) is 18.2 Å². The Kier molecular flexibility index (Phi) is 6.01. The molecule has 3 aliphatic rings. The number of methoxy groups -OCH3 is 1. The molecule has 2 aromatic carbocycles. The standard InChI is InChI=1S/C28H28FN5O4/c1-19-16-33(18-30-19)24-10-5-20(15-25(24)36-2)14-21-4-3-11-34-26(21)31-38-28(34,17-32-12-13-37-27(32)35)22-6-8-23(29)9-7-22/h5-10,14-16,18H,3-4,11-13,17H2,1-2H3/b21-14+/t28-/m1/s1. The predicted octanol–water partition coefficient (Wildman–Crippen LogP) is 4.46. The second kappa shape index (κ2) is 9.51. The van der Waals surface area contributed by atoms with Gasteiger partial charge in [0.2, 0.25) is 0 Å². The third-order valence-electron chi connectivity index (χ3n) is 7.17. The number of rotatable bonds is 6. The van der Waals surface area contributed by atoms with Gasteiger partial charge in [-0.05, 0) is 73.4 Å². The number of oxime groups is 1. The molecule has 0 aliphatic carbocycles. The number of amides is 1. The van der Waals surface area contributed by atoms with Crippen molar-refractivity contribution in [1.82, 2.24) is 19.4 Å². The van der Waals surface area contributed by atoms with Crippen molar-refractivity contribution >= 4 is 18.0 Å². The van der Waals surface area contributed by atoms with Crippen LogP contribution in [0.15, 0.2) is 65.7 Å². The molecule has 196 valence electrons. The zero-order chi connectivity index (χ0) is 26.3. The molecular formula is C28H28FN5O4. The topological polar surface area (TPSA) is 81.4 Å². The van der Waals surface area contributed by atoms with Crippen molar-refractivity contribution < 1.29 is 23.5 Å². The molecule has 0 spiro atoms. The largest absolute Gasteiger partial charge is 0.495 e. The number of imidazole rings is 1. The fourth-order valence-electron chi connectivity index (χ4n) is 5.29. The van der Waals surface area contributed by atoms with Gasteiger partial charge in [-0.15, -0.1) is 0 Å². The van der Waals surface area contributed by atoms with Crippen molar-refractivity contribution in [1.29, 1.82) is 0 Å². The van der Waals surface area contributed by atoms with Crippen LogP contribution in [0.2, 0.25) is 0 Å². The minimum atomic E-state index is -1.08. The summed E-state index contributed by atoms with van der Waals surface area (Å²) < 4.78 is 26.6. The molecule has 0 bridgehead atoms. The van der Waals surface area contributed by atoms with Gasteiger partial charge in [-0.1, -0.05) is 11.2 Å². The zero-order valence-electron chi connectivity index (χ0n) is 21.3. The van der Waals surface area contributed by atoms with Crippen molar-refractivity contribution in [3.63, 3.8) is 0 Å². The van der Waals surface area contributed by atoms with Crippen LogP contribution in [0.4, 0.5) is 9.18 Å². The van der Waals surface area contributed by atoms with Crippen molar-refractivity contribution in [3.05, 3.63) is 83.2 Å². The van der Waals surface area contributed by atoms with Gasteiger partial charge in [0.15, 0.2) is 5.84 Å². The highest BCUT2D eigenvalue weighted by Gasteiger charge is 2.52. The van der Waals surface area contributed by atoms with E-state index in [-0.39, 0.29) is 12.4 Å². The quantitative estimate of drug-likeness (QED) is 0.481. The number of ether oxygens (including phenoxy) is 2. The molecule has 6 rings (SSSR count). The number of aromatic nitrogens is 2. The lowest BCUT2D eigenvalue weighted by atomic mass is 9.94. The second-order valence-electron chi connectivity index (χ2n) is 9.61. The van der Waals surface area contributed by atoms with Crippen LogP contribution in [0.5, 0.6) is 5.75 Å². The molecule has 1 amide bonds. The van der Waals surface area contributed by atoms with Gasteiger partial charge < -0.3 is 23.8 Å². The molecule has 3 aliphatic heterocycles. The van der Waals surface area contributed by atoms with E-state index in [0.29, 0.717) is 25.5 Å². The molecule has 2 fully saturated rings. The number of hydrogen-bond donors (Lipinski definition) is 0. The first-order valence-electron chi connectivity index (χ1n) is 12.6. The fraction of sp³-hybridized carbons (Fsp3) is 0.321. The number of cyclic esters (lactones) is 1. The molecule has 38 heavy (non-hydrogen) atoms. The van der Waals surface area contributed by atoms with Crippen LogP contribution in [-0.2, 0) is 15.3 Å². The van der Waals surface area contributed by atoms with E-state index in [0.717, 1.165) is 46.7 Å². The van der Waals surface area contributed by atoms with E-state index in [9.17, 15) is 9.18 Å². The summed E-state index contributed by atoms with van der Waals surface area (Å²) in [5, 5.41) is 4.52.